The smallest absolute Gasteiger partial charge is 0.140 e. The maximum atomic E-state index is 5.82. The van der Waals surface area contributed by atoms with Gasteiger partial charge in [0.2, 0.25) is 0 Å². The molecule has 0 bridgehead atoms. The predicted molar refractivity (Wildman–Crippen MR) is 81.3 cm³/mol. The number of nitrogens with two attached hydrogens (primary N) is 1. The molecule has 2 aromatic carbocycles. The van der Waals surface area contributed by atoms with E-state index in [9.17, 15) is 0 Å². The molecule has 3 nitrogen and oxygen atoms in total. The fourth-order valence-electron chi connectivity index (χ4n) is 1.56. The first-order valence-electron chi connectivity index (χ1n) is 5.65. The lowest BCUT2D eigenvalue weighted by Gasteiger charge is -2.10. The van der Waals surface area contributed by atoms with Gasteiger partial charge in [0, 0.05) is 23.9 Å². The van der Waals surface area contributed by atoms with Crippen molar-refractivity contribution in [2.45, 2.75) is 6.92 Å². The van der Waals surface area contributed by atoms with Crippen LogP contribution >= 0.6 is 22.6 Å². The fourth-order valence-corrected chi connectivity index (χ4v) is 2.05. The van der Waals surface area contributed by atoms with Crippen LogP contribution in [0.3, 0.4) is 0 Å². The summed E-state index contributed by atoms with van der Waals surface area (Å²) in [5.74, 6) is 2.21. The number of anilines is 1. The molecule has 0 heterocycles. The van der Waals surface area contributed by atoms with Gasteiger partial charge in [-0.25, -0.2) is 0 Å². The second-order valence-corrected chi connectivity index (χ2v) is 4.87. The maximum absolute atomic E-state index is 5.82. The van der Waals surface area contributed by atoms with Crippen LogP contribution in [0.15, 0.2) is 42.5 Å². The zero-order valence-electron chi connectivity index (χ0n) is 10.0. The average molecular weight is 355 g/mol. The monoisotopic (exact) mass is 355 g/mol. The van der Waals surface area contributed by atoms with Crippen molar-refractivity contribution in [1.29, 1.82) is 0 Å². The molecule has 0 aliphatic carbocycles. The molecule has 0 aliphatic rings. The van der Waals surface area contributed by atoms with Crippen molar-refractivity contribution in [3.8, 4) is 17.2 Å². The Hall–Kier alpha value is -1.43. The molecule has 2 N–H and O–H groups in total. The molecule has 0 radical (unpaired) electrons. The number of halogens is 1. The van der Waals surface area contributed by atoms with Crippen LogP contribution in [-0.2, 0) is 0 Å². The Morgan fingerprint density at radius 3 is 2.56 bits per heavy atom. The molecule has 0 spiro atoms. The summed E-state index contributed by atoms with van der Waals surface area (Å²) in [5, 5.41) is 0. The Bertz CT molecular complexity index is 543. The molecule has 0 unspecified atom stereocenters. The van der Waals surface area contributed by atoms with Crippen LogP contribution in [0.5, 0.6) is 17.2 Å². The van der Waals surface area contributed by atoms with Gasteiger partial charge in [-0.1, -0.05) is 12.1 Å². The average Bonchev–Trinajstić information content (AvgIpc) is 2.32. The quantitative estimate of drug-likeness (QED) is 0.664. The van der Waals surface area contributed by atoms with Crippen molar-refractivity contribution < 1.29 is 9.47 Å². The molecule has 0 atom stereocenters. The predicted octanol–water partition coefficient (Wildman–Crippen LogP) is 4.06. The Labute approximate surface area is 120 Å². The van der Waals surface area contributed by atoms with Gasteiger partial charge in [-0.05, 0) is 41.6 Å². The first-order chi connectivity index (χ1) is 8.69. The van der Waals surface area contributed by atoms with Crippen molar-refractivity contribution in [2.75, 3.05) is 12.3 Å². The van der Waals surface area contributed by atoms with Crippen molar-refractivity contribution in [1.82, 2.24) is 0 Å². The number of benzene rings is 2. The van der Waals surface area contributed by atoms with Crippen molar-refractivity contribution >= 4 is 28.3 Å². The van der Waals surface area contributed by atoms with Gasteiger partial charge in [-0.3, -0.25) is 0 Å². The number of ether oxygens (including phenoxy) is 2. The zero-order valence-corrected chi connectivity index (χ0v) is 12.2. The second-order valence-electron chi connectivity index (χ2n) is 3.70. The molecular formula is C14H14INO2. The van der Waals surface area contributed by atoms with E-state index in [1.807, 2.05) is 37.3 Å². The maximum Gasteiger partial charge on any atom is 0.140 e. The third-order valence-corrected chi connectivity index (χ3v) is 3.17. The summed E-state index contributed by atoms with van der Waals surface area (Å²) in [7, 11) is 0. The SMILES string of the molecule is CCOc1cc(N)cc(Oc2ccccc2I)c1. The van der Waals surface area contributed by atoms with Gasteiger partial charge in [0.05, 0.1) is 10.2 Å². The lowest BCUT2D eigenvalue weighted by Crippen LogP contribution is -1.95. The number of hydrogen-bond acceptors (Lipinski definition) is 3. The lowest BCUT2D eigenvalue weighted by molar-refractivity contribution is 0.338. The van der Waals surface area contributed by atoms with Crippen LogP contribution in [0.4, 0.5) is 5.69 Å². The Morgan fingerprint density at radius 2 is 1.83 bits per heavy atom. The van der Waals surface area contributed by atoms with Crippen LogP contribution in [0.2, 0.25) is 0 Å². The van der Waals surface area contributed by atoms with Crippen molar-refractivity contribution in [2.24, 2.45) is 0 Å². The van der Waals surface area contributed by atoms with Gasteiger partial charge in [0.25, 0.3) is 0 Å². The summed E-state index contributed by atoms with van der Waals surface area (Å²) in [5.41, 5.74) is 6.45. The van der Waals surface area contributed by atoms with E-state index in [0.29, 0.717) is 18.0 Å². The third kappa shape index (κ3) is 3.29. The van der Waals surface area contributed by atoms with Gasteiger partial charge in [0.15, 0.2) is 0 Å². The summed E-state index contributed by atoms with van der Waals surface area (Å²) in [6.45, 7) is 2.54. The fraction of sp³-hybridized carbons (Fsp3) is 0.143. The summed E-state index contributed by atoms with van der Waals surface area (Å²) in [4.78, 5) is 0. The Balaban J connectivity index is 2.26. The highest BCUT2D eigenvalue weighted by molar-refractivity contribution is 14.1. The van der Waals surface area contributed by atoms with Crippen LogP contribution in [0, 0.1) is 3.57 Å². The normalized spacial score (nSPS) is 10.1. The van der Waals surface area contributed by atoms with Gasteiger partial charge in [0.1, 0.15) is 17.2 Å². The molecule has 0 aliphatic heterocycles. The van der Waals surface area contributed by atoms with E-state index in [1.54, 1.807) is 12.1 Å². The van der Waals surface area contributed by atoms with E-state index in [1.165, 1.54) is 0 Å². The first-order valence-corrected chi connectivity index (χ1v) is 6.72. The zero-order chi connectivity index (χ0) is 13.0. The molecule has 0 fully saturated rings. The molecule has 0 saturated heterocycles. The third-order valence-electron chi connectivity index (χ3n) is 2.28. The largest absolute Gasteiger partial charge is 0.494 e. The van der Waals surface area contributed by atoms with Crippen LogP contribution in [0.1, 0.15) is 6.92 Å². The van der Waals surface area contributed by atoms with Crippen LogP contribution in [0.25, 0.3) is 0 Å². The van der Waals surface area contributed by atoms with E-state index in [4.69, 9.17) is 15.2 Å². The molecule has 18 heavy (non-hydrogen) atoms. The molecule has 0 amide bonds. The number of rotatable bonds is 4. The molecule has 0 aromatic heterocycles. The minimum absolute atomic E-state index is 0.603. The van der Waals surface area contributed by atoms with Gasteiger partial charge in [-0.15, -0.1) is 0 Å². The molecule has 94 valence electrons. The van der Waals surface area contributed by atoms with Crippen molar-refractivity contribution in [3.63, 3.8) is 0 Å². The Morgan fingerprint density at radius 1 is 1.11 bits per heavy atom. The van der Waals surface area contributed by atoms with E-state index in [0.717, 1.165) is 15.1 Å². The number of para-hydroxylation sites is 1. The van der Waals surface area contributed by atoms with Gasteiger partial charge < -0.3 is 15.2 Å². The standard InChI is InChI=1S/C14H14INO2/c1-2-17-11-7-10(16)8-12(9-11)18-14-6-4-3-5-13(14)15/h3-9H,2,16H2,1H3. The second kappa shape index (κ2) is 5.95. The van der Waals surface area contributed by atoms with E-state index in [-0.39, 0.29) is 0 Å². The molecule has 2 aromatic rings. The lowest BCUT2D eigenvalue weighted by atomic mass is 10.3. The molecule has 0 saturated carbocycles. The number of hydrogen-bond donors (Lipinski definition) is 1. The van der Waals surface area contributed by atoms with E-state index in [2.05, 4.69) is 22.6 Å². The summed E-state index contributed by atoms with van der Waals surface area (Å²) in [6, 6.07) is 13.2. The number of nitrogen functional groups attached to an aromatic ring is 1. The highest BCUT2D eigenvalue weighted by Gasteiger charge is 2.04. The molecule has 4 heteroatoms. The first kappa shape index (κ1) is 13.0. The van der Waals surface area contributed by atoms with Gasteiger partial charge in [-0.2, -0.15) is 0 Å². The van der Waals surface area contributed by atoms with Crippen molar-refractivity contribution in [3.05, 3.63) is 46.0 Å². The van der Waals surface area contributed by atoms with E-state index < -0.39 is 0 Å². The van der Waals surface area contributed by atoms with E-state index >= 15 is 0 Å². The van der Waals surface area contributed by atoms with Gasteiger partial charge >= 0.3 is 0 Å². The Kier molecular flexibility index (Phi) is 4.30. The van der Waals surface area contributed by atoms with Crippen LogP contribution < -0.4 is 15.2 Å². The summed E-state index contributed by atoms with van der Waals surface area (Å²) in [6.07, 6.45) is 0. The summed E-state index contributed by atoms with van der Waals surface area (Å²) < 4.78 is 12.3. The summed E-state index contributed by atoms with van der Waals surface area (Å²) >= 11 is 2.23. The highest BCUT2D eigenvalue weighted by Crippen LogP contribution is 2.30. The highest BCUT2D eigenvalue weighted by atomic mass is 127. The topological polar surface area (TPSA) is 44.5 Å². The molecule has 2 rings (SSSR count). The molecular weight excluding hydrogens is 341 g/mol. The minimum Gasteiger partial charge on any atom is -0.494 e. The minimum atomic E-state index is 0.603. The van der Waals surface area contributed by atoms with Crippen LogP contribution in [-0.4, -0.2) is 6.61 Å².